The van der Waals surface area contributed by atoms with Crippen molar-refractivity contribution in [2.24, 2.45) is 0 Å². The van der Waals surface area contributed by atoms with Crippen LogP contribution in [0.4, 0.5) is 4.39 Å². The van der Waals surface area contributed by atoms with Crippen molar-refractivity contribution in [2.75, 3.05) is 5.75 Å². The maximum Gasteiger partial charge on any atom is 0.162 e. The second-order valence-electron chi connectivity index (χ2n) is 4.59. The summed E-state index contributed by atoms with van der Waals surface area (Å²) >= 11 is 2.87. The fourth-order valence-corrected chi connectivity index (χ4v) is 3.56. The van der Waals surface area contributed by atoms with Gasteiger partial charge in [-0.2, -0.15) is 0 Å². The van der Waals surface area contributed by atoms with Gasteiger partial charge in [0.25, 0.3) is 0 Å². The highest BCUT2D eigenvalue weighted by Crippen LogP contribution is 2.27. The standard InChI is InChI=1S/C15H15FO2S2/c1-11(17)15(18,9-14-3-2-8-19-14)10-20-13-6-4-12(16)5-7-13/h2-8,18H,9-10H2,1H3/t15-/m0/s1. The molecule has 1 atom stereocenters. The number of aliphatic hydroxyl groups is 1. The van der Waals surface area contributed by atoms with Crippen molar-refractivity contribution < 1.29 is 14.3 Å². The molecule has 20 heavy (non-hydrogen) atoms. The zero-order valence-electron chi connectivity index (χ0n) is 11.0. The molecule has 0 saturated heterocycles. The Kier molecular flexibility index (Phi) is 4.96. The molecule has 1 aromatic carbocycles. The predicted octanol–water partition coefficient (Wildman–Crippen LogP) is 3.54. The van der Waals surface area contributed by atoms with Gasteiger partial charge >= 0.3 is 0 Å². The highest BCUT2D eigenvalue weighted by atomic mass is 32.2. The lowest BCUT2D eigenvalue weighted by atomic mass is 9.97. The number of hydrogen-bond acceptors (Lipinski definition) is 4. The lowest BCUT2D eigenvalue weighted by Crippen LogP contribution is -2.41. The number of Topliss-reactive ketones (excluding diaryl/α,β-unsaturated/α-hetero) is 1. The highest BCUT2D eigenvalue weighted by molar-refractivity contribution is 7.99. The molecule has 0 amide bonds. The summed E-state index contributed by atoms with van der Waals surface area (Å²) in [5.41, 5.74) is -1.39. The Morgan fingerprint density at radius 2 is 2.05 bits per heavy atom. The van der Waals surface area contributed by atoms with Crippen LogP contribution in [0.15, 0.2) is 46.7 Å². The predicted molar refractivity (Wildman–Crippen MR) is 80.8 cm³/mol. The summed E-state index contributed by atoms with van der Waals surface area (Å²) in [5, 5.41) is 12.5. The number of ketones is 1. The van der Waals surface area contributed by atoms with Crippen LogP contribution < -0.4 is 0 Å². The van der Waals surface area contributed by atoms with Gasteiger partial charge < -0.3 is 5.11 Å². The summed E-state index contributed by atoms with van der Waals surface area (Å²) in [6.45, 7) is 1.40. The second-order valence-corrected chi connectivity index (χ2v) is 6.67. The van der Waals surface area contributed by atoms with E-state index < -0.39 is 5.60 Å². The van der Waals surface area contributed by atoms with Crippen LogP contribution in [-0.2, 0) is 11.2 Å². The van der Waals surface area contributed by atoms with Crippen LogP contribution in [0.25, 0.3) is 0 Å². The lowest BCUT2D eigenvalue weighted by Gasteiger charge is -2.24. The van der Waals surface area contributed by atoms with Crippen LogP contribution in [0.3, 0.4) is 0 Å². The Labute approximate surface area is 125 Å². The maximum absolute atomic E-state index is 12.8. The fourth-order valence-electron chi connectivity index (χ4n) is 1.71. The van der Waals surface area contributed by atoms with Gasteiger partial charge in [0.15, 0.2) is 5.78 Å². The number of hydrogen-bond donors (Lipinski definition) is 1. The number of thiophene rings is 1. The van der Waals surface area contributed by atoms with Gasteiger partial charge in [0, 0.05) is 21.9 Å². The molecule has 1 heterocycles. The van der Waals surface area contributed by atoms with Crippen LogP contribution in [0.5, 0.6) is 0 Å². The minimum Gasteiger partial charge on any atom is -0.381 e. The molecule has 0 aliphatic carbocycles. The minimum absolute atomic E-state index is 0.250. The number of thioether (sulfide) groups is 1. The average molecular weight is 310 g/mol. The molecule has 0 radical (unpaired) electrons. The van der Waals surface area contributed by atoms with Crippen LogP contribution >= 0.6 is 23.1 Å². The summed E-state index contributed by atoms with van der Waals surface area (Å²) < 4.78 is 12.8. The highest BCUT2D eigenvalue weighted by Gasteiger charge is 2.33. The maximum atomic E-state index is 12.8. The van der Waals surface area contributed by atoms with Crippen molar-refractivity contribution in [1.29, 1.82) is 0 Å². The summed E-state index contributed by atoms with van der Waals surface area (Å²) in [7, 11) is 0. The van der Waals surface area contributed by atoms with Gasteiger partial charge in [-0.15, -0.1) is 23.1 Å². The van der Waals surface area contributed by atoms with Crippen molar-refractivity contribution in [3.63, 3.8) is 0 Å². The molecular weight excluding hydrogens is 295 g/mol. The Morgan fingerprint density at radius 1 is 1.35 bits per heavy atom. The smallest absolute Gasteiger partial charge is 0.162 e. The Morgan fingerprint density at radius 3 is 2.60 bits per heavy atom. The van der Waals surface area contributed by atoms with E-state index in [2.05, 4.69) is 0 Å². The first-order chi connectivity index (χ1) is 9.49. The molecular formula is C15H15FO2S2. The monoisotopic (exact) mass is 310 g/mol. The molecule has 0 bridgehead atoms. The topological polar surface area (TPSA) is 37.3 Å². The van der Waals surface area contributed by atoms with E-state index in [1.807, 2.05) is 17.5 Å². The number of benzene rings is 1. The van der Waals surface area contributed by atoms with Crippen molar-refractivity contribution in [3.05, 3.63) is 52.5 Å². The van der Waals surface area contributed by atoms with Crippen molar-refractivity contribution in [2.45, 2.75) is 23.8 Å². The first kappa shape index (κ1) is 15.2. The van der Waals surface area contributed by atoms with Gasteiger partial charge in [-0.05, 0) is 42.6 Å². The molecule has 0 fully saturated rings. The van der Waals surface area contributed by atoms with Crippen molar-refractivity contribution in [3.8, 4) is 0 Å². The van der Waals surface area contributed by atoms with E-state index in [9.17, 15) is 14.3 Å². The Hall–Kier alpha value is -1.17. The normalized spacial score (nSPS) is 13.9. The SMILES string of the molecule is CC(=O)[C@@](O)(CSc1ccc(F)cc1)Cc1cccs1. The largest absolute Gasteiger partial charge is 0.381 e. The number of carbonyl (C=O) groups is 1. The number of carbonyl (C=O) groups excluding carboxylic acids is 1. The molecule has 5 heteroatoms. The molecule has 2 nitrogen and oxygen atoms in total. The van der Waals surface area contributed by atoms with E-state index in [0.717, 1.165) is 9.77 Å². The molecule has 106 valence electrons. The van der Waals surface area contributed by atoms with Gasteiger partial charge in [-0.1, -0.05) is 6.07 Å². The van der Waals surface area contributed by atoms with E-state index in [0.29, 0.717) is 6.42 Å². The quantitative estimate of drug-likeness (QED) is 0.829. The van der Waals surface area contributed by atoms with Crippen LogP contribution in [0.1, 0.15) is 11.8 Å². The summed E-state index contributed by atoms with van der Waals surface area (Å²) in [5.74, 6) is -0.290. The Balaban J connectivity index is 2.05. The minimum atomic E-state index is -1.39. The van der Waals surface area contributed by atoms with Crippen molar-refractivity contribution >= 4 is 28.9 Å². The van der Waals surface area contributed by atoms with Crippen molar-refractivity contribution in [1.82, 2.24) is 0 Å². The summed E-state index contributed by atoms with van der Waals surface area (Å²) in [6.07, 6.45) is 0.314. The average Bonchev–Trinajstić information content (AvgIpc) is 2.90. The molecule has 0 saturated carbocycles. The molecule has 0 aliphatic rings. The van der Waals surface area contributed by atoms with E-state index in [1.54, 1.807) is 12.1 Å². The second kappa shape index (κ2) is 6.52. The van der Waals surface area contributed by atoms with Crippen LogP contribution in [0, 0.1) is 5.82 Å². The van der Waals surface area contributed by atoms with Gasteiger partial charge in [-0.3, -0.25) is 4.79 Å². The van der Waals surface area contributed by atoms with Gasteiger partial charge in [0.05, 0.1) is 0 Å². The van der Waals surface area contributed by atoms with Crippen LogP contribution in [0.2, 0.25) is 0 Å². The molecule has 1 aromatic heterocycles. The molecule has 0 aliphatic heterocycles. The first-order valence-corrected chi connectivity index (χ1v) is 8.00. The summed E-state index contributed by atoms with van der Waals surface area (Å²) in [4.78, 5) is 13.6. The number of rotatable bonds is 6. The Bertz CT molecular complexity index is 566. The molecule has 0 unspecified atom stereocenters. The molecule has 0 spiro atoms. The van der Waals surface area contributed by atoms with E-state index >= 15 is 0 Å². The third kappa shape index (κ3) is 3.91. The fraction of sp³-hybridized carbons (Fsp3) is 0.267. The lowest BCUT2D eigenvalue weighted by molar-refractivity contribution is -0.132. The van der Waals surface area contributed by atoms with Crippen LogP contribution in [-0.4, -0.2) is 22.2 Å². The number of halogens is 1. The zero-order valence-corrected chi connectivity index (χ0v) is 12.6. The summed E-state index contributed by atoms with van der Waals surface area (Å²) in [6, 6.07) is 9.83. The zero-order chi connectivity index (χ0) is 14.6. The van der Waals surface area contributed by atoms with Gasteiger partial charge in [-0.25, -0.2) is 4.39 Å². The molecule has 2 rings (SSSR count). The van der Waals surface area contributed by atoms with Gasteiger partial charge in [0.2, 0.25) is 0 Å². The third-order valence-electron chi connectivity index (χ3n) is 2.99. The first-order valence-electron chi connectivity index (χ1n) is 6.14. The van der Waals surface area contributed by atoms with E-state index in [-0.39, 0.29) is 17.4 Å². The molecule has 2 aromatic rings. The third-order valence-corrected chi connectivity index (χ3v) is 5.10. The van der Waals surface area contributed by atoms with E-state index in [4.69, 9.17) is 0 Å². The van der Waals surface area contributed by atoms with Gasteiger partial charge in [0.1, 0.15) is 11.4 Å². The molecule has 1 N–H and O–H groups in total. The van der Waals surface area contributed by atoms with E-state index in [1.165, 1.54) is 42.2 Å².